The zero-order valence-electron chi connectivity index (χ0n) is 16.4. The second-order valence-corrected chi connectivity index (χ2v) is 7.75. The number of nitrogens with one attached hydrogen (secondary N) is 1. The van der Waals surface area contributed by atoms with Gasteiger partial charge < -0.3 is 10.2 Å². The van der Waals surface area contributed by atoms with Crippen molar-refractivity contribution in [1.82, 2.24) is 25.0 Å². The summed E-state index contributed by atoms with van der Waals surface area (Å²) in [5, 5.41) is 8.05. The van der Waals surface area contributed by atoms with Gasteiger partial charge in [-0.25, -0.2) is 9.67 Å². The fourth-order valence-corrected chi connectivity index (χ4v) is 3.76. The highest BCUT2D eigenvalue weighted by molar-refractivity contribution is 5.88. The number of fused-ring (bicyclic) bond motifs is 1. The molecule has 1 atom stereocenters. The van der Waals surface area contributed by atoms with E-state index in [0.717, 1.165) is 18.2 Å². The Morgan fingerprint density at radius 2 is 2.04 bits per heavy atom. The number of carbonyl (C=O) groups excluding carboxylic acids is 2. The maximum Gasteiger partial charge on any atom is 0.245 e. The summed E-state index contributed by atoms with van der Waals surface area (Å²) < 4.78 is 1.57. The molecule has 0 radical (unpaired) electrons. The number of carbonyl (C=O) groups is 2. The van der Waals surface area contributed by atoms with E-state index in [0.29, 0.717) is 5.65 Å². The van der Waals surface area contributed by atoms with Crippen molar-refractivity contribution in [2.75, 3.05) is 7.05 Å². The number of pyridine rings is 1. The third-order valence-electron chi connectivity index (χ3n) is 5.41. The summed E-state index contributed by atoms with van der Waals surface area (Å²) in [5.74, 6) is -0.219. The van der Waals surface area contributed by atoms with Gasteiger partial charge in [-0.1, -0.05) is 33.1 Å². The minimum absolute atomic E-state index is 0.00583. The van der Waals surface area contributed by atoms with Gasteiger partial charge in [0.25, 0.3) is 0 Å². The Bertz CT molecular complexity index is 795. The van der Waals surface area contributed by atoms with Crippen LogP contribution in [0.15, 0.2) is 24.5 Å². The fraction of sp³-hybridized carbons (Fsp3) is 0.600. The van der Waals surface area contributed by atoms with Crippen LogP contribution >= 0.6 is 0 Å². The van der Waals surface area contributed by atoms with Gasteiger partial charge in [-0.05, 0) is 30.9 Å². The van der Waals surface area contributed by atoms with Crippen molar-refractivity contribution >= 4 is 22.8 Å². The smallest absolute Gasteiger partial charge is 0.245 e. The van der Waals surface area contributed by atoms with E-state index in [2.05, 4.69) is 15.4 Å². The van der Waals surface area contributed by atoms with Gasteiger partial charge in [0.2, 0.25) is 11.8 Å². The van der Waals surface area contributed by atoms with Gasteiger partial charge >= 0.3 is 0 Å². The lowest BCUT2D eigenvalue weighted by molar-refractivity contribution is -0.139. The Balaban J connectivity index is 1.66. The highest BCUT2D eigenvalue weighted by Gasteiger charge is 2.31. The number of likely N-dealkylation sites (N-methyl/N-ethyl adjacent to an activating group) is 1. The van der Waals surface area contributed by atoms with Crippen LogP contribution in [0.4, 0.5) is 0 Å². The first-order valence-electron chi connectivity index (χ1n) is 9.80. The molecule has 7 nitrogen and oxygen atoms in total. The van der Waals surface area contributed by atoms with E-state index in [1.807, 2.05) is 37.9 Å². The topological polar surface area (TPSA) is 80.1 Å². The SMILES string of the molecule is CC(C)C(NC(=O)Cn1ncc2cccnc21)C(=O)N(C)C1CCCCC1. The molecule has 1 fully saturated rings. The minimum atomic E-state index is -0.529. The van der Waals surface area contributed by atoms with Crippen molar-refractivity contribution in [1.29, 1.82) is 0 Å². The maximum atomic E-state index is 13.0. The molecule has 3 rings (SSSR count). The highest BCUT2D eigenvalue weighted by atomic mass is 16.2. The molecule has 146 valence electrons. The summed E-state index contributed by atoms with van der Waals surface area (Å²) in [6.45, 7) is 3.97. The van der Waals surface area contributed by atoms with Crippen molar-refractivity contribution in [3.05, 3.63) is 24.5 Å². The summed E-state index contributed by atoms with van der Waals surface area (Å²) in [6.07, 6.45) is 9.04. The molecule has 27 heavy (non-hydrogen) atoms. The lowest BCUT2D eigenvalue weighted by Crippen LogP contribution is -2.53. The number of hydrogen-bond donors (Lipinski definition) is 1. The molecular weight excluding hydrogens is 342 g/mol. The second-order valence-electron chi connectivity index (χ2n) is 7.75. The first-order chi connectivity index (χ1) is 13.0. The average molecular weight is 371 g/mol. The van der Waals surface area contributed by atoms with Gasteiger partial charge in [-0.2, -0.15) is 5.10 Å². The number of nitrogens with zero attached hydrogens (tertiary/aromatic N) is 4. The molecule has 0 aromatic carbocycles. The summed E-state index contributed by atoms with van der Waals surface area (Å²) in [4.78, 5) is 31.7. The first kappa shape index (κ1) is 19.3. The van der Waals surface area contributed by atoms with E-state index in [-0.39, 0.29) is 30.3 Å². The second kappa shape index (κ2) is 8.50. The molecule has 2 amide bonds. The van der Waals surface area contributed by atoms with Gasteiger partial charge in [0.15, 0.2) is 5.65 Å². The van der Waals surface area contributed by atoms with Crippen molar-refractivity contribution in [2.24, 2.45) is 5.92 Å². The molecule has 0 bridgehead atoms. The summed E-state index contributed by atoms with van der Waals surface area (Å²) >= 11 is 0. The molecule has 1 aliphatic rings. The summed E-state index contributed by atoms with van der Waals surface area (Å²) in [7, 11) is 1.87. The zero-order valence-corrected chi connectivity index (χ0v) is 16.4. The maximum absolute atomic E-state index is 13.0. The van der Waals surface area contributed by atoms with Crippen molar-refractivity contribution < 1.29 is 9.59 Å². The number of hydrogen-bond acceptors (Lipinski definition) is 4. The summed E-state index contributed by atoms with van der Waals surface area (Å²) in [6, 6.07) is 3.50. The molecule has 0 saturated heterocycles. The minimum Gasteiger partial charge on any atom is -0.342 e. The standard InChI is InChI=1S/C20H29N5O2/c1-14(2)18(20(27)24(3)16-9-5-4-6-10-16)23-17(26)13-25-19-15(12-22-25)8-7-11-21-19/h7-8,11-12,14,16,18H,4-6,9-10,13H2,1-3H3,(H,23,26). The predicted octanol–water partition coefficient (Wildman–Crippen LogP) is 2.36. The lowest BCUT2D eigenvalue weighted by Gasteiger charge is -2.35. The van der Waals surface area contributed by atoms with E-state index < -0.39 is 6.04 Å². The fourth-order valence-electron chi connectivity index (χ4n) is 3.76. The van der Waals surface area contributed by atoms with Crippen LogP contribution in [0.1, 0.15) is 46.0 Å². The average Bonchev–Trinajstić information content (AvgIpc) is 3.08. The molecule has 0 spiro atoms. The van der Waals surface area contributed by atoms with E-state index in [1.54, 1.807) is 17.1 Å². The van der Waals surface area contributed by atoms with Crippen LogP contribution in [0.3, 0.4) is 0 Å². The van der Waals surface area contributed by atoms with Gasteiger partial charge in [0, 0.05) is 24.7 Å². The molecular formula is C20H29N5O2. The lowest BCUT2D eigenvalue weighted by atomic mass is 9.93. The van der Waals surface area contributed by atoms with Gasteiger partial charge in [0.1, 0.15) is 12.6 Å². The van der Waals surface area contributed by atoms with Gasteiger partial charge in [-0.15, -0.1) is 0 Å². The highest BCUT2D eigenvalue weighted by Crippen LogP contribution is 2.22. The predicted molar refractivity (Wildman–Crippen MR) is 104 cm³/mol. The monoisotopic (exact) mass is 371 g/mol. The third-order valence-corrected chi connectivity index (χ3v) is 5.41. The molecule has 1 unspecified atom stereocenters. The Kier molecular flexibility index (Phi) is 6.08. The van der Waals surface area contributed by atoms with Crippen LogP contribution in [0.5, 0.6) is 0 Å². The van der Waals surface area contributed by atoms with Crippen LogP contribution in [-0.4, -0.2) is 50.6 Å². The third kappa shape index (κ3) is 4.46. The van der Waals surface area contributed by atoms with Crippen LogP contribution in [0, 0.1) is 5.92 Å². The molecule has 7 heteroatoms. The number of aromatic nitrogens is 3. The van der Waals surface area contributed by atoms with E-state index in [9.17, 15) is 9.59 Å². The molecule has 1 aliphatic carbocycles. The molecule has 2 aromatic rings. The normalized spacial score (nSPS) is 16.4. The molecule has 1 N–H and O–H groups in total. The Morgan fingerprint density at radius 1 is 1.30 bits per heavy atom. The van der Waals surface area contributed by atoms with E-state index in [1.165, 1.54) is 19.3 Å². The van der Waals surface area contributed by atoms with Gasteiger partial charge in [0.05, 0.1) is 6.20 Å². The number of rotatable bonds is 6. The Labute approximate surface area is 160 Å². The zero-order chi connectivity index (χ0) is 19.4. The quantitative estimate of drug-likeness (QED) is 0.845. The Hall–Kier alpha value is -2.44. The van der Waals surface area contributed by atoms with Crippen molar-refractivity contribution in [2.45, 2.75) is 64.6 Å². The van der Waals surface area contributed by atoms with E-state index >= 15 is 0 Å². The number of amides is 2. The van der Waals surface area contributed by atoms with Gasteiger partial charge in [-0.3, -0.25) is 9.59 Å². The van der Waals surface area contributed by atoms with Crippen LogP contribution in [0.25, 0.3) is 11.0 Å². The van der Waals surface area contributed by atoms with Crippen LogP contribution < -0.4 is 5.32 Å². The van der Waals surface area contributed by atoms with Crippen LogP contribution in [-0.2, 0) is 16.1 Å². The molecule has 2 heterocycles. The largest absolute Gasteiger partial charge is 0.342 e. The first-order valence-corrected chi connectivity index (χ1v) is 9.80. The molecule has 1 saturated carbocycles. The summed E-state index contributed by atoms with van der Waals surface area (Å²) in [5.41, 5.74) is 0.666. The molecule has 0 aliphatic heterocycles. The van der Waals surface area contributed by atoms with Crippen molar-refractivity contribution in [3.63, 3.8) is 0 Å². The van der Waals surface area contributed by atoms with E-state index in [4.69, 9.17) is 0 Å². The Morgan fingerprint density at radius 3 is 2.74 bits per heavy atom. The molecule has 2 aromatic heterocycles. The van der Waals surface area contributed by atoms with Crippen molar-refractivity contribution in [3.8, 4) is 0 Å². The van der Waals surface area contributed by atoms with Crippen LogP contribution in [0.2, 0.25) is 0 Å².